The summed E-state index contributed by atoms with van der Waals surface area (Å²) in [7, 11) is 0. The fourth-order valence-corrected chi connectivity index (χ4v) is 4.54. The maximum absolute atomic E-state index is 13.1. The molecule has 0 aliphatic rings. The van der Waals surface area contributed by atoms with E-state index >= 15 is 0 Å². The van der Waals surface area contributed by atoms with E-state index in [1.807, 2.05) is 43.3 Å². The number of carbonyl (C=O) groups is 1. The Labute approximate surface area is 192 Å². The molecule has 0 radical (unpaired) electrons. The second-order valence-corrected chi connectivity index (χ2v) is 8.89. The molecule has 0 saturated carbocycles. The molecule has 0 saturated heterocycles. The summed E-state index contributed by atoms with van der Waals surface area (Å²) in [4.78, 5) is 17.3. The Balaban J connectivity index is 1.63. The van der Waals surface area contributed by atoms with Crippen molar-refractivity contribution in [2.45, 2.75) is 39.4 Å². The zero-order valence-electron chi connectivity index (χ0n) is 18.8. The third-order valence-electron chi connectivity index (χ3n) is 5.93. The van der Waals surface area contributed by atoms with Gasteiger partial charge in [-0.1, -0.05) is 42.1 Å². The molecular formula is C26H26N4OS. The normalized spacial score (nSPS) is 11.0. The SMILES string of the molecule is Cc1cc(C(=O)CSc2nnc(-c3cccnc3)n2Cc2ccccc2)c(C)c(C)c1C. The third kappa shape index (κ3) is 4.50. The number of aryl methyl sites for hydroxylation is 1. The largest absolute Gasteiger partial charge is 0.297 e. The summed E-state index contributed by atoms with van der Waals surface area (Å²) in [6, 6.07) is 16.1. The van der Waals surface area contributed by atoms with Crippen LogP contribution in [0, 0.1) is 27.7 Å². The number of aromatic nitrogens is 4. The lowest BCUT2D eigenvalue weighted by atomic mass is 9.93. The summed E-state index contributed by atoms with van der Waals surface area (Å²) in [6.45, 7) is 8.89. The molecule has 0 spiro atoms. The van der Waals surface area contributed by atoms with Crippen LogP contribution in [-0.4, -0.2) is 31.3 Å². The molecule has 0 unspecified atom stereocenters. The van der Waals surface area contributed by atoms with Crippen molar-refractivity contribution in [3.63, 3.8) is 0 Å². The average molecular weight is 443 g/mol. The van der Waals surface area contributed by atoms with Gasteiger partial charge in [0.05, 0.1) is 12.3 Å². The summed E-state index contributed by atoms with van der Waals surface area (Å²) in [6.07, 6.45) is 3.52. The van der Waals surface area contributed by atoms with Crippen molar-refractivity contribution in [2.75, 3.05) is 5.75 Å². The molecule has 0 fully saturated rings. The van der Waals surface area contributed by atoms with Crippen LogP contribution in [0.1, 0.15) is 38.2 Å². The second kappa shape index (κ2) is 9.49. The van der Waals surface area contributed by atoms with Gasteiger partial charge in [0.25, 0.3) is 0 Å². The highest BCUT2D eigenvalue weighted by atomic mass is 32.2. The summed E-state index contributed by atoms with van der Waals surface area (Å²) in [5.74, 6) is 1.16. The summed E-state index contributed by atoms with van der Waals surface area (Å²) in [5.41, 5.74) is 7.47. The van der Waals surface area contributed by atoms with Gasteiger partial charge in [-0.2, -0.15) is 0 Å². The minimum atomic E-state index is 0.107. The molecule has 32 heavy (non-hydrogen) atoms. The zero-order valence-corrected chi connectivity index (χ0v) is 19.6. The van der Waals surface area contributed by atoms with Gasteiger partial charge in [0.1, 0.15) is 0 Å². The average Bonchev–Trinajstić information content (AvgIpc) is 3.22. The topological polar surface area (TPSA) is 60.7 Å². The number of benzene rings is 2. The fourth-order valence-electron chi connectivity index (χ4n) is 3.72. The van der Waals surface area contributed by atoms with E-state index in [-0.39, 0.29) is 5.78 Å². The lowest BCUT2D eigenvalue weighted by Gasteiger charge is -2.14. The lowest BCUT2D eigenvalue weighted by molar-refractivity contribution is 0.102. The molecule has 2 aromatic heterocycles. The van der Waals surface area contributed by atoms with Gasteiger partial charge in [0.15, 0.2) is 16.8 Å². The van der Waals surface area contributed by atoms with E-state index in [0.29, 0.717) is 12.3 Å². The fraction of sp³-hybridized carbons (Fsp3) is 0.231. The summed E-state index contributed by atoms with van der Waals surface area (Å²) < 4.78 is 2.06. The lowest BCUT2D eigenvalue weighted by Crippen LogP contribution is -2.10. The molecule has 0 atom stereocenters. The van der Waals surface area contributed by atoms with Crippen molar-refractivity contribution in [3.05, 3.63) is 94.3 Å². The first-order valence-electron chi connectivity index (χ1n) is 10.6. The van der Waals surface area contributed by atoms with E-state index in [4.69, 9.17) is 0 Å². The van der Waals surface area contributed by atoms with E-state index in [2.05, 4.69) is 52.7 Å². The van der Waals surface area contributed by atoms with E-state index in [1.54, 1.807) is 12.4 Å². The highest BCUT2D eigenvalue weighted by Crippen LogP contribution is 2.27. The number of rotatable bonds is 7. The van der Waals surface area contributed by atoms with Crippen molar-refractivity contribution in [2.24, 2.45) is 0 Å². The standard InChI is InChI=1S/C26H26N4OS/c1-17-13-23(20(4)19(3)18(17)2)24(31)16-32-26-29-28-25(22-11-8-12-27-14-22)30(26)15-21-9-6-5-7-10-21/h5-14H,15-16H2,1-4H3. The quantitative estimate of drug-likeness (QED) is 0.275. The zero-order chi connectivity index (χ0) is 22.7. The Hall–Kier alpha value is -3.25. The first kappa shape index (κ1) is 22.0. The van der Waals surface area contributed by atoms with Gasteiger partial charge >= 0.3 is 0 Å². The van der Waals surface area contributed by atoms with Gasteiger partial charge in [-0.05, 0) is 73.7 Å². The van der Waals surface area contributed by atoms with Crippen LogP contribution in [0.5, 0.6) is 0 Å². The highest BCUT2D eigenvalue weighted by Gasteiger charge is 2.19. The van der Waals surface area contributed by atoms with Crippen LogP contribution in [0.3, 0.4) is 0 Å². The van der Waals surface area contributed by atoms with Crippen molar-refractivity contribution in [1.29, 1.82) is 0 Å². The van der Waals surface area contributed by atoms with Crippen molar-refractivity contribution >= 4 is 17.5 Å². The van der Waals surface area contributed by atoms with Gasteiger partial charge in [-0.25, -0.2) is 0 Å². The molecule has 0 aliphatic carbocycles. The minimum Gasteiger partial charge on any atom is -0.297 e. The minimum absolute atomic E-state index is 0.107. The molecule has 0 bridgehead atoms. The van der Waals surface area contributed by atoms with E-state index in [0.717, 1.165) is 38.8 Å². The summed E-state index contributed by atoms with van der Waals surface area (Å²) in [5, 5.41) is 9.57. The van der Waals surface area contributed by atoms with Crippen molar-refractivity contribution in [3.8, 4) is 11.4 Å². The van der Waals surface area contributed by atoms with E-state index in [1.165, 1.54) is 22.9 Å². The number of ketones is 1. The molecule has 5 nitrogen and oxygen atoms in total. The number of pyridine rings is 1. The van der Waals surface area contributed by atoms with Gasteiger partial charge in [0.2, 0.25) is 0 Å². The molecule has 2 aromatic carbocycles. The van der Waals surface area contributed by atoms with Crippen molar-refractivity contribution < 1.29 is 4.79 Å². The Morgan fingerprint density at radius 1 is 0.938 bits per heavy atom. The Kier molecular flexibility index (Phi) is 6.51. The Morgan fingerprint density at radius 2 is 1.72 bits per heavy atom. The number of hydrogen-bond acceptors (Lipinski definition) is 5. The molecule has 4 rings (SSSR count). The molecular weight excluding hydrogens is 416 g/mol. The van der Waals surface area contributed by atoms with Crippen LogP contribution in [-0.2, 0) is 6.54 Å². The number of nitrogens with zero attached hydrogens (tertiary/aromatic N) is 4. The van der Waals surface area contributed by atoms with Crippen LogP contribution in [0.15, 0.2) is 66.1 Å². The van der Waals surface area contributed by atoms with Crippen LogP contribution in [0.2, 0.25) is 0 Å². The molecule has 162 valence electrons. The summed E-state index contributed by atoms with van der Waals surface area (Å²) >= 11 is 1.43. The molecule has 2 heterocycles. The highest BCUT2D eigenvalue weighted by molar-refractivity contribution is 7.99. The monoisotopic (exact) mass is 442 g/mol. The Bertz CT molecular complexity index is 1250. The molecule has 4 aromatic rings. The molecule has 0 N–H and O–H groups in total. The smallest absolute Gasteiger partial charge is 0.192 e. The molecule has 0 aliphatic heterocycles. The molecule has 0 amide bonds. The maximum Gasteiger partial charge on any atom is 0.192 e. The van der Waals surface area contributed by atoms with E-state index < -0.39 is 0 Å². The predicted molar refractivity (Wildman–Crippen MR) is 129 cm³/mol. The first-order chi connectivity index (χ1) is 15.5. The number of hydrogen-bond donors (Lipinski definition) is 0. The van der Waals surface area contributed by atoms with Crippen LogP contribution in [0.4, 0.5) is 0 Å². The van der Waals surface area contributed by atoms with Crippen LogP contribution < -0.4 is 0 Å². The Morgan fingerprint density at radius 3 is 2.44 bits per heavy atom. The van der Waals surface area contributed by atoms with E-state index in [9.17, 15) is 4.79 Å². The maximum atomic E-state index is 13.1. The van der Waals surface area contributed by atoms with Gasteiger partial charge < -0.3 is 0 Å². The first-order valence-corrected chi connectivity index (χ1v) is 11.5. The van der Waals surface area contributed by atoms with Gasteiger partial charge in [-0.15, -0.1) is 10.2 Å². The van der Waals surface area contributed by atoms with Crippen LogP contribution >= 0.6 is 11.8 Å². The van der Waals surface area contributed by atoms with Gasteiger partial charge in [0, 0.05) is 23.5 Å². The predicted octanol–water partition coefficient (Wildman–Crippen LogP) is 5.60. The molecule has 6 heteroatoms. The van der Waals surface area contributed by atoms with Crippen molar-refractivity contribution in [1.82, 2.24) is 19.7 Å². The second-order valence-electron chi connectivity index (χ2n) is 7.95. The third-order valence-corrected chi connectivity index (χ3v) is 6.90. The van der Waals surface area contributed by atoms with Crippen LogP contribution in [0.25, 0.3) is 11.4 Å². The van der Waals surface area contributed by atoms with Gasteiger partial charge in [-0.3, -0.25) is 14.3 Å². The number of carbonyl (C=O) groups excluding carboxylic acids is 1. The number of Topliss-reactive ketones (excluding diaryl/α,β-unsaturated/α-hetero) is 1. The number of thioether (sulfide) groups is 1.